The molecule has 0 aromatic heterocycles. The van der Waals surface area contributed by atoms with Crippen LogP contribution in [-0.2, 0) is 14.4 Å². The van der Waals surface area contributed by atoms with E-state index < -0.39 is 11.9 Å². The lowest BCUT2D eigenvalue weighted by molar-refractivity contribution is -0.159. The van der Waals surface area contributed by atoms with Crippen molar-refractivity contribution in [3.8, 4) is 0 Å². The summed E-state index contributed by atoms with van der Waals surface area (Å²) in [6, 6.07) is 6.14. The van der Waals surface area contributed by atoms with Gasteiger partial charge < -0.3 is 20.4 Å². The normalized spacial score (nSPS) is 13.8. The summed E-state index contributed by atoms with van der Waals surface area (Å²) in [4.78, 5) is 32.4. The minimum atomic E-state index is -1.82. The van der Waals surface area contributed by atoms with Crippen molar-refractivity contribution in [3.63, 3.8) is 0 Å². The third-order valence-electron chi connectivity index (χ3n) is 3.54. The van der Waals surface area contributed by atoms with Crippen LogP contribution in [0.25, 0.3) is 0 Å². The highest BCUT2D eigenvalue weighted by Crippen LogP contribution is 2.14. The maximum Gasteiger partial charge on any atom is 0.414 e. The van der Waals surface area contributed by atoms with Gasteiger partial charge in [-0.05, 0) is 63.0 Å². The maximum atomic E-state index is 11.9. The molecule has 0 radical (unpaired) electrons. The van der Waals surface area contributed by atoms with E-state index in [2.05, 4.69) is 16.3 Å². The van der Waals surface area contributed by atoms with Crippen molar-refractivity contribution in [2.45, 2.75) is 33.1 Å². The lowest BCUT2D eigenvalue weighted by Gasteiger charge is -2.14. The fourth-order valence-corrected chi connectivity index (χ4v) is 2.54. The van der Waals surface area contributed by atoms with E-state index in [-0.39, 0.29) is 5.91 Å². The van der Waals surface area contributed by atoms with Crippen molar-refractivity contribution < 1.29 is 24.6 Å². The Labute approximate surface area is 141 Å². The van der Waals surface area contributed by atoms with Crippen molar-refractivity contribution in [2.75, 3.05) is 25.0 Å². The zero-order chi connectivity index (χ0) is 18.1. The topological polar surface area (TPSA) is 107 Å². The van der Waals surface area contributed by atoms with Crippen LogP contribution in [0.5, 0.6) is 0 Å². The van der Waals surface area contributed by atoms with Gasteiger partial charge in [0.15, 0.2) is 0 Å². The predicted octanol–water partition coefficient (Wildman–Crippen LogP) is 1.88. The van der Waals surface area contributed by atoms with Crippen molar-refractivity contribution in [1.82, 2.24) is 4.90 Å². The molecule has 1 heterocycles. The molecule has 0 saturated carbocycles. The first-order chi connectivity index (χ1) is 11.3. The van der Waals surface area contributed by atoms with Crippen LogP contribution in [0.4, 0.5) is 5.69 Å². The van der Waals surface area contributed by atoms with Gasteiger partial charge in [0.25, 0.3) is 0 Å². The average molecular weight is 336 g/mol. The summed E-state index contributed by atoms with van der Waals surface area (Å²) < 4.78 is 0. The van der Waals surface area contributed by atoms with Gasteiger partial charge in [0, 0.05) is 18.7 Å². The molecule has 1 aliphatic rings. The van der Waals surface area contributed by atoms with Crippen LogP contribution >= 0.6 is 0 Å². The molecule has 0 bridgehead atoms. The van der Waals surface area contributed by atoms with Crippen LogP contribution in [0.1, 0.15) is 30.4 Å². The van der Waals surface area contributed by atoms with Gasteiger partial charge in [-0.2, -0.15) is 0 Å². The smallest absolute Gasteiger partial charge is 0.414 e. The van der Waals surface area contributed by atoms with E-state index in [0.29, 0.717) is 6.42 Å². The van der Waals surface area contributed by atoms with E-state index in [1.165, 1.54) is 24.0 Å². The molecule has 132 valence electrons. The number of rotatable bonds is 4. The number of carboxylic acids is 2. The molecule has 0 unspecified atom stereocenters. The molecule has 1 fully saturated rings. The van der Waals surface area contributed by atoms with Crippen LogP contribution in [0.3, 0.4) is 0 Å². The predicted molar refractivity (Wildman–Crippen MR) is 90.1 cm³/mol. The van der Waals surface area contributed by atoms with Crippen LogP contribution < -0.4 is 5.32 Å². The van der Waals surface area contributed by atoms with E-state index in [4.69, 9.17) is 19.8 Å². The van der Waals surface area contributed by atoms with Gasteiger partial charge in [0.05, 0.1) is 0 Å². The van der Waals surface area contributed by atoms with Crippen molar-refractivity contribution in [1.29, 1.82) is 0 Å². The molecule has 1 aromatic rings. The van der Waals surface area contributed by atoms with Crippen molar-refractivity contribution >= 4 is 23.5 Å². The number of hydrogen-bond donors (Lipinski definition) is 3. The largest absolute Gasteiger partial charge is 0.473 e. The summed E-state index contributed by atoms with van der Waals surface area (Å²) >= 11 is 0. The fraction of sp³-hybridized carbons (Fsp3) is 0.471. The zero-order valence-corrected chi connectivity index (χ0v) is 14.0. The number of carbonyl (C=O) groups excluding carboxylic acids is 1. The molecule has 1 amide bonds. The highest BCUT2D eigenvalue weighted by Gasteiger charge is 2.12. The second-order valence-electron chi connectivity index (χ2n) is 5.83. The van der Waals surface area contributed by atoms with Gasteiger partial charge in [-0.15, -0.1) is 0 Å². The van der Waals surface area contributed by atoms with Gasteiger partial charge in [0.2, 0.25) is 5.91 Å². The molecule has 0 spiro atoms. The molecule has 7 heteroatoms. The molecule has 0 atom stereocenters. The van der Waals surface area contributed by atoms with E-state index in [0.717, 1.165) is 25.3 Å². The third kappa shape index (κ3) is 7.73. The Morgan fingerprint density at radius 2 is 1.50 bits per heavy atom. The second-order valence-corrected chi connectivity index (χ2v) is 5.83. The molecular weight excluding hydrogens is 312 g/mol. The van der Waals surface area contributed by atoms with E-state index in [1.807, 2.05) is 26.0 Å². The number of carbonyl (C=O) groups is 3. The van der Waals surface area contributed by atoms with Crippen LogP contribution in [0.2, 0.25) is 0 Å². The summed E-state index contributed by atoms with van der Waals surface area (Å²) in [7, 11) is 0. The van der Waals surface area contributed by atoms with Crippen LogP contribution in [0.15, 0.2) is 18.2 Å². The molecular formula is C17H24N2O5. The van der Waals surface area contributed by atoms with Crippen molar-refractivity contribution in [2.24, 2.45) is 0 Å². The molecule has 1 aromatic carbocycles. The Morgan fingerprint density at radius 1 is 1.00 bits per heavy atom. The Kier molecular flexibility index (Phi) is 7.91. The monoisotopic (exact) mass is 336 g/mol. The number of hydrogen-bond acceptors (Lipinski definition) is 4. The van der Waals surface area contributed by atoms with Crippen LogP contribution in [-0.4, -0.2) is 52.6 Å². The number of benzene rings is 1. The standard InChI is InChI=1S/C15H22N2O.C2H2O4/c1-12-9-13(2)11-14(10-12)16-15(18)5-8-17-6-3-4-7-17;3-1(4)2(5)6/h9-11H,3-8H2,1-2H3,(H,16,18);(H,3,4)(H,5,6). The Bertz CT molecular complexity index is 562. The summed E-state index contributed by atoms with van der Waals surface area (Å²) in [5.41, 5.74) is 3.29. The Morgan fingerprint density at radius 3 is 1.96 bits per heavy atom. The lowest BCUT2D eigenvalue weighted by atomic mass is 10.1. The quantitative estimate of drug-likeness (QED) is 0.725. The highest BCUT2D eigenvalue weighted by atomic mass is 16.4. The molecule has 0 aliphatic carbocycles. The number of carboxylic acid groups (broad SMARTS) is 2. The number of aliphatic carboxylic acids is 2. The highest BCUT2D eigenvalue weighted by molar-refractivity contribution is 6.27. The van der Waals surface area contributed by atoms with Crippen molar-refractivity contribution in [3.05, 3.63) is 29.3 Å². The summed E-state index contributed by atoms with van der Waals surface area (Å²) in [5.74, 6) is -3.53. The minimum absolute atomic E-state index is 0.118. The van der Waals surface area contributed by atoms with Gasteiger partial charge in [-0.3, -0.25) is 4.79 Å². The molecule has 1 aliphatic heterocycles. The van der Waals surface area contributed by atoms with Gasteiger partial charge in [-0.25, -0.2) is 9.59 Å². The number of aryl methyl sites for hydroxylation is 2. The summed E-state index contributed by atoms with van der Waals surface area (Å²) in [6.07, 6.45) is 3.14. The molecule has 2 rings (SSSR count). The zero-order valence-electron chi connectivity index (χ0n) is 14.0. The summed E-state index contributed by atoms with van der Waals surface area (Å²) in [5, 5.41) is 17.8. The first-order valence-electron chi connectivity index (χ1n) is 7.84. The number of nitrogens with one attached hydrogen (secondary N) is 1. The first-order valence-corrected chi connectivity index (χ1v) is 7.84. The van der Waals surface area contributed by atoms with E-state index >= 15 is 0 Å². The third-order valence-corrected chi connectivity index (χ3v) is 3.54. The van der Waals surface area contributed by atoms with E-state index in [1.54, 1.807) is 0 Å². The Hall–Kier alpha value is -2.41. The molecule has 3 N–H and O–H groups in total. The number of amides is 1. The lowest BCUT2D eigenvalue weighted by Crippen LogP contribution is -2.25. The first kappa shape index (κ1) is 19.6. The molecule has 24 heavy (non-hydrogen) atoms. The molecule has 7 nitrogen and oxygen atoms in total. The maximum absolute atomic E-state index is 11.9. The van der Waals surface area contributed by atoms with Crippen LogP contribution in [0, 0.1) is 13.8 Å². The van der Waals surface area contributed by atoms with Gasteiger partial charge >= 0.3 is 11.9 Å². The number of nitrogens with zero attached hydrogens (tertiary/aromatic N) is 1. The number of anilines is 1. The van der Waals surface area contributed by atoms with Gasteiger partial charge in [0.1, 0.15) is 0 Å². The Balaban J connectivity index is 0.000000413. The number of likely N-dealkylation sites (tertiary alicyclic amines) is 1. The second kappa shape index (κ2) is 9.67. The SMILES string of the molecule is Cc1cc(C)cc(NC(=O)CCN2CCCC2)c1.O=C(O)C(=O)O. The summed E-state index contributed by atoms with van der Waals surface area (Å²) in [6.45, 7) is 7.28. The fourth-order valence-electron chi connectivity index (χ4n) is 2.54. The molecule has 1 saturated heterocycles. The van der Waals surface area contributed by atoms with E-state index in [9.17, 15) is 4.79 Å². The average Bonchev–Trinajstić information content (AvgIpc) is 2.97. The van der Waals surface area contributed by atoms with Gasteiger partial charge in [-0.1, -0.05) is 6.07 Å². The minimum Gasteiger partial charge on any atom is -0.473 e.